The quantitative estimate of drug-likeness (QED) is 0.479. The number of rotatable bonds is 9. The van der Waals surface area contributed by atoms with E-state index in [4.69, 9.17) is 9.47 Å². The summed E-state index contributed by atoms with van der Waals surface area (Å²) in [6.45, 7) is 4.92. The summed E-state index contributed by atoms with van der Waals surface area (Å²) >= 11 is 0. The number of carbonyl (C=O) groups excluding carboxylic acids is 2. The Hall–Kier alpha value is -1.06. The highest BCUT2D eigenvalue weighted by Gasteiger charge is 2.32. The Labute approximate surface area is 128 Å². The second kappa shape index (κ2) is 10.6. The third-order valence-electron chi connectivity index (χ3n) is 4.12. The van der Waals surface area contributed by atoms with Gasteiger partial charge in [-0.3, -0.25) is 9.59 Å². The lowest BCUT2D eigenvalue weighted by Gasteiger charge is -2.26. The van der Waals surface area contributed by atoms with Gasteiger partial charge < -0.3 is 9.47 Å². The fourth-order valence-corrected chi connectivity index (χ4v) is 2.87. The largest absolute Gasteiger partial charge is 0.466 e. The minimum Gasteiger partial charge on any atom is -0.466 e. The summed E-state index contributed by atoms with van der Waals surface area (Å²) in [4.78, 5) is 23.8. The topological polar surface area (TPSA) is 52.6 Å². The summed E-state index contributed by atoms with van der Waals surface area (Å²) in [5.74, 6) is -0.529. The van der Waals surface area contributed by atoms with Crippen LogP contribution in [0.25, 0.3) is 0 Å². The predicted molar refractivity (Wildman–Crippen MR) is 81.8 cm³/mol. The van der Waals surface area contributed by atoms with Crippen LogP contribution in [0.4, 0.5) is 0 Å². The first-order chi connectivity index (χ1) is 10.2. The molecule has 0 bridgehead atoms. The van der Waals surface area contributed by atoms with Crippen molar-refractivity contribution in [2.24, 2.45) is 11.8 Å². The van der Waals surface area contributed by atoms with Crippen LogP contribution in [0.3, 0.4) is 0 Å². The number of hydrogen-bond acceptors (Lipinski definition) is 4. The Morgan fingerprint density at radius 1 is 0.905 bits per heavy atom. The summed E-state index contributed by atoms with van der Waals surface area (Å²) in [6, 6.07) is 0. The fraction of sp³-hybridized carbons (Fsp3) is 0.882. The Morgan fingerprint density at radius 2 is 1.52 bits per heavy atom. The van der Waals surface area contributed by atoms with Crippen LogP contribution >= 0.6 is 0 Å². The Morgan fingerprint density at radius 3 is 2.14 bits per heavy atom. The minimum atomic E-state index is -0.158. The molecule has 0 aliphatic heterocycles. The zero-order valence-electron chi connectivity index (χ0n) is 13.6. The van der Waals surface area contributed by atoms with Gasteiger partial charge in [0.2, 0.25) is 0 Å². The van der Waals surface area contributed by atoms with Crippen LogP contribution < -0.4 is 0 Å². The molecular weight excluding hydrogens is 268 g/mol. The third kappa shape index (κ3) is 6.96. The maximum atomic E-state index is 12.0. The summed E-state index contributed by atoms with van der Waals surface area (Å²) in [5, 5.41) is 0. The van der Waals surface area contributed by atoms with Gasteiger partial charge in [-0.1, -0.05) is 39.0 Å². The van der Waals surface area contributed by atoms with E-state index >= 15 is 0 Å². The van der Waals surface area contributed by atoms with Gasteiger partial charge in [0.1, 0.15) is 0 Å². The summed E-state index contributed by atoms with van der Waals surface area (Å²) in [6.07, 6.45) is 8.91. The van der Waals surface area contributed by atoms with E-state index in [1.165, 1.54) is 19.3 Å². The number of esters is 2. The molecule has 0 aromatic rings. The van der Waals surface area contributed by atoms with E-state index in [2.05, 4.69) is 6.92 Å². The van der Waals surface area contributed by atoms with Gasteiger partial charge >= 0.3 is 11.9 Å². The van der Waals surface area contributed by atoms with Crippen LogP contribution in [0.15, 0.2) is 0 Å². The van der Waals surface area contributed by atoms with Crippen molar-refractivity contribution in [3.63, 3.8) is 0 Å². The smallest absolute Gasteiger partial charge is 0.308 e. The SMILES string of the molecule is CCCCCCCOC(=O)C1CCCC(C(=O)OCC)C1. The van der Waals surface area contributed by atoms with Crippen LogP contribution in [0.5, 0.6) is 0 Å². The maximum absolute atomic E-state index is 12.0. The second-order valence-corrected chi connectivity index (χ2v) is 5.89. The van der Waals surface area contributed by atoms with Crippen molar-refractivity contribution in [3.05, 3.63) is 0 Å². The molecule has 0 radical (unpaired) electrons. The van der Waals surface area contributed by atoms with Crippen LogP contribution in [0.1, 0.15) is 71.6 Å². The fourth-order valence-electron chi connectivity index (χ4n) is 2.87. The van der Waals surface area contributed by atoms with Crippen LogP contribution in [0.2, 0.25) is 0 Å². The molecule has 2 atom stereocenters. The number of hydrogen-bond donors (Lipinski definition) is 0. The molecule has 1 saturated carbocycles. The van der Waals surface area contributed by atoms with Crippen molar-refractivity contribution in [2.75, 3.05) is 13.2 Å². The lowest BCUT2D eigenvalue weighted by Crippen LogP contribution is -2.29. The molecule has 1 rings (SSSR count). The van der Waals surface area contributed by atoms with Crippen molar-refractivity contribution in [1.82, 2.24) is 0 Å². The second-order valence-electron chi connectivity index (χ2n) is 5.89. The average molecular weight is 298 g/mol. The van der Waals surface area contributed by atoms with Gasteiger partial charge in [0.25, 0.3) is 0 Å². The summed E-state index contributed by atoms with van der Waals surface area (Å²) in [7, 11) is 0. The molecule has 0 amide bonds. The standard InChI is InChI=1S/C17H30O4/c1-3-5-6-7-8-12-21-17(19)15-11-9-10-14(13-15)16(18)20-4-2/h14-15H,3-13H2,1-2H3. The Bertz CT molecular complexity index is 314. The molecule has 1 fully saturated rings. The molecule has 4 nitrogen and oxygen atoms in total. The van der Waals surface area contributed by atoms with E-state index in [-0.39, 0.29) is 23.8 Å². The van der Waals surface area contributed by atoms with Crippen molar-refractivity contribution in [2.45, 2.75) is 71.6 Å². The molecule has 0 spiro atoms. The highest BCUT2D eigenvalue weighted by atomic mass is 16.5. The van der Waals surface area contributed by atoms with E-state index in [1.807, 2.05) is 6.92 Å². The van der Waals surface area contributed by atoms with Crippen molar-refractivity contribution < 1.29 is 19.1 Å². The molecule has 1 aliphatic carbocycles. The van der Waals surface area contributed by atoms with E-state index in [1.54, 1.807) is 0 Å². The molecule has 0 aromatic carbocycles. The molecule has 4 heteroatoms. The summed E-state index contributed by atoms with van der Waals surface area (Å²) in [5.41, 5.74) is 0. The zero-order chi connectivity index (χ0) is 15.5. The van der Waals surface area contributed by atoms with Gasteiger partial charge in [-0.25, -0.2) is 0 Å². The zero-order valence-corrected chi connectivity index (χ0v) is 13.6. The summed E-state index contributed by atoms with van der Waals surface area (Å²) < 4.78 is 10.4. The average Bonchev–Trinajstić information content (AvgIpc) is 2.51. The first-order valence-corrected chi connectivity index (χ1v) is 8.52. The van der Waals surface area contributed by atoms with Crippen molar-refractivity contribution in [3.8, 4) is 0 Å². The molecule has 21 heavy (non-hydrogen) atoms. The molecule has 1 aliphatic rings. The van der Waals surface area contributed by atoms with E-state index in [9.17, 15) is 9.59 Å². The molecule has 0 saturated heterocycles. The van der Waals surface area contributed by atoms with E-state index < -0.39 is 0 Å². The normalized spacial score (nSPS) is 21.8. The van der Waals surface area contributed by atoms with Gasteiger partial charge in [-0.2, -0.15) is 0 Å². The number of carbonyl (C=O) groups is 2. The predicted octanol–water partition coefficient (Wildman–Crippen LogP) is 3.87. The van der Waals surface area contributed by atoms with Crippen LogP contribution in [-0.4, -0.2) is 25.2 Å². The van der Waals surface area contributed by atoms with Gasteiger partial charge in [0.15, 0.2) is 0 Å². The van der Waals surface area contributed by atoms with Crippen LogP contribution in [-0.2, 0) is 19.1 Å². The molecule has 0 N–H and O–H groups in total. The molecule has 2 unspecified atom stereocenters. The Balaban J connectivity index is 2.22. The van der Waals surface area contributed by atoms with E-state index in [0.717, 1.165) is 32.1 Å². The highest BCUT2D eigenvalue weighted by Crippen LogP contribution is 2.30. The highest BCUT2D eigenvalue weighted by molar-refractivity contribution is 5.76. The molecule has 122 valence electrons. The lowest BCUT2D eigenvalue weighted by atomic mass is 9.81. The van der Waals surface area contributed by atoms with Crippen LogP contribution in [0, 0.1) is 11.8 Å². The van der Waals surface area contributed by atoms with E-state index in [0.29, 0.717) is 19.6 Å². The number of ether oxygens (including phenoxy) is 2. The van der Waals surface area contributed by atoms with Gasteiger partial charge in [-0.05, 0) is 32.6 Å². The lowest BCUT2D eigenvalue weighted by molar-refractivity contribution is -0.154. The molecule has 0 aromatic heterocycles. The van der Waals surface area contributed by atoms with Gasteiger partial charge in [-0.15, -0.1) is 0 Å². The van der Waals surface area contributed by atoms with Gasteiger partial charge in [0, 0.05) is 0 Å². The first-order valence-electron chi connectivity index (χ1n) is 8.52. The molecular formula is C17H30O4. The van der Waals surface area contributed by atoms with Crippen molar-refractivity contribution >= 4 is 11.9 Å². The van der Waals surface area contributed by atoms with Gasteiger partial charge in [0.05, 0.1) is 25.0 Å². The third-order valence-corrected chi connectivity index (χ3v) is 4.12. The monoisotopic (exact) mass is 298 g/mol. The Kier molecular flexibility index (Phi) is 9.11. The minimum absolute atomic E-state index is 0.121. The van der Waals surface area contributed by atoms with Crippen molar-refractivity contribution in [1.29, 1.82) is 0 Å². The maximum Gasteiger partial charge on any atom is 0.308 e. The first kappa shape index (κ1) is 18.0. The number of unbranched alkanes of at least 4 members (excludes halogenated alkanes) is 4. The molecule has 0 heterocycles.